The number of piperazine rings is 1. The Hall–Kier alpha value is -3.60. The number of benzene rings is 2. The molecule has 192 valence electrons. The molecule has 0 atom stereocenters. The van der Waals surface area contributed by atoms with Crippen molar-refractivity contribution < 1.29 is 4.39 Å². The zero-order valence-electron chi connectivity index (χ0n) is 22.0. The number of anilines is 2. The molecular formula is C32H37FN4. The summed E-state index contributed by atoms with van der Waals surface area (Å²) in [7, 11) is 0. The average Bonchev–Trinajstić information content (AvgIpc) is 3.60. The number of nitrogens with zero attached hydrogens (tertiary/aromatic N) is 3. The molecule has 0 bridgehead atoms. The van der Waals surface area contributed by atoms with Crippen LogP contribution in [0.5, 0.6) is 0 Å². The molecule has 2 aromatic carbocycles. The number of hydrogen-bond acceptors (Lipinski definition) is 3. The Morgan fingerprint density at radius 2 is 1.62 bits per heavy atom. The van der Waals surface area contributed by atoms with E-state index in [9.17, 15) is 4.39 Å². The van der Waals surface area contributed by atoms with Crippen LogP contribution >= 0.6 is 0 Å². The molecule has 2 aliphatic rings. The first-order valence-electron chi connectivity index (χ1n) is 13.3. The lowest BCUT2D eigenvalue weighted by Gasteiger charge is -2.37. The number of hydrogen-bond donors (Lipinski definition) is 1. The van der Waals surface area contributed by atoms with Gasteiger partial charge in [0.05, 0.1) is 5.69 Å². The minimum absolute atomic E-state index is 0.0950. The van der Waals surface area contributed by atoms with Crippen LogP contribution < -0.4 is 9.80 Å². The summed E-state index contributed by atoms with van der Waals surface area (Å²) in [5.41, 5.74) is 8.43. The molecule has 1 aliphatic heterocycles. The topological polar surface area (TPSA) is 35.2 Å². The van der Waals surface area contributed by atoms with Crippen LogP contribution in [0.3, 0.4) is 0 Å². The molecule has 2 heterocycles. The van der Waals surface area contributed by atoms with Crippen LogP contribution in [0.1, 0.15) is 43.9 Å². The number of allylic oxidation sites excluding steroid dienone is 5. The third-order valence-corrected chi connectivity index (χ3v) is 7.85. The van der Waals surface area contributed by atoms with Gasteiger partial charge in [-0.1, -0.05) is 54.6 Å². The molecule has 37 heavy (non-hydrogen) atoms. The molecule has 5 rings (SSSR count). The van der Waals surface area contributed by atoms with E-state index in [2.05, 4.69) is 83.0 Å². The predicted octanol–water partition coefficient (Wildman–Crippen LogP) is 7.51. The highest BCUT2D eigenvalue weighted by atomic mass is 19.1. The van der Waals surface area contributed by atoms with Gasteiger partial charge in [0.2, 0.25) is 0 Å². The molecule has 0 spiro atoms. The first-order chi connectivity index (χ1) is 18.0. The second kappa shape index (κ2) is 10.8. The van der Waals surface area contributed by atoms with Gasteiger partial charge >= 0.3 is 0 Å². The summed E-state index contributed by atoms with van der Waals surface area (Å²) in [6.07, 6.45) is 8.73. The predicted molar refractivity (Wildman–Crippen MR) is 153 cm³/mol. The SMILES string of the molecule is C=C(CC=C/C(F)=C\C)CC1(c2[nH]nc(-c3ccc(N4CCN(c5ccccc5)CC4)cc3)c2C)CC1. The first-order valence-corrected chi connectivity index (χ1v) is 13.3. The van der Waals surface area contributed by atoms with Gasteiger partial charge in [0, 0.05) is 54.2 Å². The summed E-state index contributed by atoms with van der Waals surface area (Å²) in [5.74, 6) is -0.205. The highest BCUT2D eigenvalue weighted by molar-refractivity contribution is 5.67. The molecule has 1 aliphatic carbocycles. The molecule has 4 nitrogen and oxygen atoms in total. The third-order valence-electron chi connectivity index (χ3n) is 7.85. The highest BCUT2D eigenvalue weighted by Gasteiger charge is 2.47. The number of aromatic amines is 1. The minimum atomic E-state index is -0.205. The molecule has 0 radical (unpaired) electrons. The Labute approximate surface area is 220 Å². The van der Waals surface area contributed by atoms with Gasteiger partial charge < -0.3 is 9.80 Å². The zero-order chi connectivity index (χ0) is 25.8. The van der Waals surface area contributed by atoms with Crippen LogP contribution in [0.4, 0.5) is 15.8 Å². The molecular weight excluding hydrogens is 459 g/mol. The van der Waals surface area contributed by atoms with E-state index in [0.717, 1.165) is 62.3 Å². The molecule has 5 heteroatoms. The number of aromatic nitrogens is 2. The van der Waals surface area contributed by atoms with Crippen molar-refractivity contribution in [3.8, 4) is 11.3 Å². The van der Waals surface area contributed by atoms with E-state index in [1.165, 1.54) is 34.8 Å². The average molecular weight is 497 g/mol. The summed E-state index contributed by atoms with van der Waals surface area (Å²) < 4.78 is 13.4. The first kappa shape index (κ1) is 25.1. The van der Waals surface area contributed by atoms with Crippen molar-refractivity contribution in [2.75, 3.05) is 36.0 Å². The Morgan fingerprint density at radius 3 is 2.22 bits per heavy atom. The lowest BCUT2D eigenvalue weighted by atomic mass is 9.89. The van der Waals surface area contributed by atoms with Gasteiger partial charge in [0.15, 0.2) is 0 Å². The molecule has 1 saturated carbocycles. The summed E-state index contributed by atoms with van der Waals surface area (Å²) in [5, 5.41) is 8.10. The van der Waals surface area contributed by atoms with Crippen LogP contribution in [-0.2, 0) is 5.41 Å². The number of halogens is 1. The zero-order valence-corrected chi connectivity index (χ0v) is 22.0. The monoisotopic (exact) mass is 496 g/mol. The van der Waals surface area contributed by atoms with Gasteiger partial charge in [0.1, 0.15) is 5.83 Å². The van der Waals surface area contributed by atoms with Crippen molar-refractivity contribution in [3.63, 3.8) is 0 Å². The molecule has 2 fully saturated rings. The van der Waals surface area contributed by atoms with E-state index in [1.54, 1.807) is 6.92 Å². The normalized spacial score (nSPS) is 17.4. The van der Waals surface area contributed by atoms with Crippen LogP contribution in [0.25, 0.3) is 11.3 Å². The Kier molecular flexibility index (Phi) is 7.31. The number of H-pyrrole nitrogens is 1. The van der Waals surface area contributed by atoms with Crippen LogP contribution in [0.15, 0.2) is 90.8 Å². The number of para-hydroxylation sites is 1. The fourth-order valence-corrected chi connectivity index (χ4v) is 5.54. The van der Waals surface area contributed by atoms with E-state index in [1.807, 2.05) is 6.08 Å². The summed E-state index contributed by atoms with van der Waals surface area (Å²) >= 11 is 0. The smallest absolute Gasteiger partial charge is 0.118 e. The largest absolute Gasteiger partial charge is 0.368 e. The van der Waals surface area contributed by atoms with Gasteiger partial charge in [-0.15, -0.1) is 0 Å². The standard InChI is InChI=1S/C32H37FN4/c1-4-27(33)10-8-9-24(2)23-32(17-18-32)31-25(3)30(34-35-31)26-13-15-29(16-14-26)37-21-19-36(20-22-37)28-11-6-5-7-12-28/h4-8,10-16H,2,9,17-23H2,1,3H3,(H,34,35)/b10-8?,27-4+. The van der Waals surface area contributed by atoms with Crippen molar-refractivity contribution >= 4 is 11.4 Å². The van der Waals surface area contributed by atoms with E-state index < -0.39 is 0 Å². The van der Waals surface area contributed by atoms with Crippen molar-refractivity contribution in [1.82, 2.24) is 10.2 Å². The summed E-state index contributed by atoms with van der Waals surface area (Å²) in [6.45, 7) is 12.2. The van der Waals surface area contributed by atoms with Crippen molar-refractivity contribution in [2.45, 2.75) is 44.9 Å². The Balaban J connectivity index is 1.22. The van der Waals surface area contributed by atoms with Crippen molar-refractivity contribution in [2.24, 2.45) is 0 Å². The van der Waals surface area contributed by atoms with Crippen LogP contribution in [0.2, 0.25) is 0 Å². The van der Waals surface area contributed by atoms with Gasteiger partial charge in [-0.25, -0.2) is 4.39 Å². The van der Waals surface area contributed by atoms with Gasteiger partial charge in [0.25, 0.3) is 0 Å². The van der Waals surface area contributed by atoms with Crippen LogP contribution in [-0.4, -0.2) is 36.4 Å². The van der Waals surface area contributed by atoms with Gasteiger partial charge in [-0.3, -0.25) is 5.10 Å². The maximum absolute atomic E-state index is 13.4. The fourth-order valence-electron chi connectivity index (χ4n) is 5.54. The lowest BCUT2D eigenvalue weighted by Crippen LogP contribution is -2.46. The second-order valence-electron chi connectivity index (χ2n) is 10.4. The Morgan fingerprint density at radius 1 is 1.00 bits per heavy atom. The lowest BCUT2D eigenvalue weighted by molar-refractivity contribution is 0.642. The molecule has 0 unspecified atom stereocenters. The number of nitrogens with one attached hydrogen (secondary N) is 1. The number of rotatable bonds is 9. The Bertz CT molecular complexity index is 1270. The fraction of sp³-hybridized carbons (Fsp3) is 0.344. The molecule has 3 aromatic rings. The van der Waals surface area contributed by atoms with Gasteiger partial charge in [-0.05, 0) is 75.4 Å². The maximum atomic E-state index is 13.4. The summed E-state index contributed by atoms with van der Waals surface area (Å²) in [4.78, 5) is 4.92. The highest BCUT2D eigenvalue weighted by Crippen LogP contribution is 2.53. The summed E-state index contributed by atoms with van der Waals surface area (Å²) in [6, 6.07) is 19.5. The van der Waals surface area contributed by atoms with Crippen LogP contribution in [0, 0.1) is 6.92 Å². The maximum Gasteiger partial charge on any atom is 0.118 e. The quantitative estimate of drug-likeness (QED) is 0.246. The van der Waals surface area contributed by atoms with Crippen molar-refractivity contribution in [1.29, 1.82) is 0 Å². The van der Waals surface area contributed by atoms with E-state index in [-0.39, 0.29) is 11.2 Å². The molecule has 1 saturated heterocycles. The minimum Gasteiger partial charge on any atom is -0.368 e. The van der Waals surface area contributed by atoms with E-state index in [4.69, 9.17) is 5.10 Å². The van der Waals surface area contributed by atoms with Crippen molar-refractivity contribution in [3.05, 3.63) is 102 Å². The molecule has 0 amide bonds. The molecule has 1 aromatic heterocycles. The second-order valence-corrected chi connectivity index (χ2v) is 10.4. The third kappa shape index (κ3) is 5.56. The van der Waals surface area contributed by atoms with E-state index in [0.29, 0.717) is 6.42 Å². The van der Waals surface area contributed by atoms with E-state index >= 15 is 0 Å². The van der Waals surface area contributed by atoms with Gasteiger partial charge in [-0.2, -0.15) is 5.10 Å². The molecule has 1 N–H and O–H groups in total.